The molecule has 0 spiro atoms. The van der Waals surface area contributed by atoms with Crippen LogP contribution in [-0.2, 0) is 4.74 Å². The lowest BCUT2D eigenvalue weighted by Crippen LogP contribution is -2.02. The van der Waals surface area contributed by atoms with Gasteiger partial charge in [0.05, 0.1) is 12.7 Å². The Bertz CT molecular complexity index is 337. The van der Waals surface area contributed by atoms with E-state index in [9.17, 15) is 4.79 Å². The van der Waals surface area contributed by atoms with Crippen LogP contribution in [0.15, 0.2) is 5.38 Å². The van der Waals surface area contributed by atoms with Crippen molar-refractivity contribution in [2.24, 2.45) is 0 Å². The summed E-state index contributed by atoms with van der Waals surface area (Å²) in [5.74, 6) is 0.437. The summed E-state index contributed by atoms with van der Waals surface area (Å²) in [6, 6.07) is 0. The number of hydrogen-bond donors (Lipinski definition) is 0. The van der Waals surface area contributed by atoms with Gasteiger partial charge < -0.3 is 4.74 Å². The van der Waals surface area contributed by atoms with Gasteiger partial charge in [-0.15, -0.1) is 11.3 Å². The molecule has 0 saturated heterocycles. The molecule has 1 aliphatic rings. The van der Waals surface area contributed by atoms with Crippen LogP contribution in [0.2, 0.25) is 0 Å². The van der Waals surface area contributed by atoms with Crippen molar-refractivity contribution in [2.45, 2.75) is 25.7 Å². The van der Waals surface area contributed by atoms with Crippen molar-refractivity contribution in [1.29, 1.82) is 0 Å². The molecule has 13 heavy (non-hydrogen) atoms. The highest BCUT2D eigenvalue weighted by atomic mass is 32.1. The molecule has 70 valence electrons. The molecule has 1 aliphatic carbocycles. The number of carbonyl (C=O) groups is 1. The number of hydrogen-bond acceptors (Lipinski definition) is 3. The van der Waals surface area contributed by atoms with E-state index in [0.717, 1.165) is 5.56 Å². The Morgan fingerprint density at radius 1 is 1.62 bits per heavy atom. The summed E-state index contributed by atoms with van der Waals surface area (Å²) in [5, 5.41) is 1.91. The van der Waals surface area contributed by atoms with Gasteiger partial charge in [0.15, 0.2) is 0 Å². The minimum atomic E-state index is -0.189. The van der Waals surface area contributed by atoms with Crippen LogP contribution in [0, 0.1) is 6.92 Å². The first-order valence-corrected chi connectivity index (χ1v) is 5.28. The number of aryl methyl sites for hydroxylation is 1. The van der Waals surface area contributed by atoms with Gasteiger partial charge in [-0.2, -0.15) is 0 Å². The molecule has 1 aromatic heterocycles. The summed E-state index contributed by atoms with van der Waals surface area (Å²) >= 11 is 1.64. The highest BCUT2D eigenvalue weighted by molar-refractivity contribution is 7.10. The van der Waals surface area contributed by atoms with Gasteiger partial charge in [0.2, 0.25) is 0 Å². The molecule has 0 atom stereocenters. The summed E-state index contributed by atoms with van der Waals surface area (Å²) in [6.07, 6.45) is 2.45. The molecule has 2 rings (SSSR count). The molecule has 3 heteroatoms. The van der Waals surface area contributed by atoms with Gasteiger partial charge in [-0.1, -0.05) is 0 Å². The zero-order chi connectivity index (χ0) is 9.42. The third-order valence-corrected chi connectivity index (χ3v) is 3.34. The second kappa shape index (κ2) is 3.14. The molecule has 0 bridgehead atoms. The van der Waals surface area contributed by atoms with E-state index in [4.69, 9.17) is 4.74 Å². The van der Waals surface area contributed by atoms with Gasteiger partial charge in [-0.25, -0.2) is 4.79 Å². The van der Waals surface area contributed by atoms with Crippen LogP contribution in [-0.4, -0.2) is 13.1 Å². The van der Waals surface area contributed by atoms with Crippen molar-refractivity contribution in [1.82, 2.24) is 0 Å². The molecule has 1 heterocycles. The van der Waals surface area contributed by atoms with Crippen LogP contribution >= 0.6 is 11.3 Å². The number of methoxy groups -OCH3 is 1. The second-order valence-electron chi connectivity index (χ2n) is 3.39. The fraction of sp³-hybridized carbons (Fsp3) is 0.500. The Balaban J connectivity index is 2.39. The zero-order valence-electron chi connectivity index (χ0n) is 7.79. The number of ether oxygens (including phenoxy) is 1. The lowest BCUT2D eigenvalue weighted by molar-refractivity contribution is 0.0600. The van der Waals surface area contributed by atoms with Gasteiger partial charge in [0.1, 0.15) is 0 Å². The van der Waals surface area contributed by atoms with Crippen molar-refractivity contribution in [2.75, 3.05) is 7.11 Å². The Hall–Kier alpha value is -0.830. The van der Waals surface area contributed by atoms with E-state index >= 15 is 0 Å². The molecular formula is C10H12O2S. The molecule has 1 fully saturated rings. The number of carbonyl (C=O) groups excluding carboxylic acids is 1. The van der Waals surface area contributed by atoms with Crippen molar-refractivity contribution in [3.63, 3.8) is 0 Å². The van der Waals surface area contributed by atoms with E-state index in [0.29, 0.717) is 5.92 Å². The third-order valence-electron chi connectivity index (χ3n) is 2.41. The van der Waals surface area contributed by atoms with Gasteiger partial charge in [-0.3, -0.25) is 0 Å². The predicted molar refractivity (Wildman–Crippen MR) is 52.4 cm³/mol. The largest absolute Gasteiger partial charge is 0.465 e. The molecule has 0 N–H and O–H groups in total. The van der Waals surface area contributed by atoms with E-state index in [1.54, 1.807) is 11.3 Å². The first kappa shape index (κ1) is 8.75. The van der Waals surface area contributed by atoms with E-state index in [1.807, 2.05) is 5.38 Å². The smallest absolute Gasteiger partial charge is 0.338 e. The monoisotopic (exact) mass is 196 g/mol. The number of rotatable bonds is 2. The summed E-state index contributed by atoms with van der Waals surface area (Å²) < 4.78 is 4.74. The second-order valence-corrected chi connectivity index (χ2v) is 4.47. The molecule has 0 aromatic carbocycles. The molecule has 1 saturated carbocycles. The molecule has 1 aromatic rings. The molecule has 2 nitrogen and oxygen atoms in total. The van der Waals surface area contributed by atoms with Gasteiger partial charge in [0.25, 0.3) is 0 Å². The molecule has 0 radical (unpaired) electrons. The molecule has 0 aliphatic heterocycles. The SMILES string of the molecule is COC(=O)c1csc(C)c1C1CC1. The van der Waals surface area contributed by atoms with Crippen LogP contribution in [0.5, 0.6) is 0 Å². The number of esters is 1. The lowest BCUT2D eigenvalue weighted by atomic mass is 10.1. The van der Waals surface area contributed by atoms with Gasteiger partial charge >= 0.3 is 5.97 Å². The van der Waals surface area contributed by atoms with Crippen LogP contribution in [0.3, 0.4) is 0 Å². The first-order valence-electron chi connectivity index (χ1n) is 4.40. The minimum absolute atomic E-state index is 0.189. The molecular weight excluding hydrogens is 184 g/mol. The van der Waals surface area contributed by atoms with Crippen LogP contribution < -0.4 is 0 Å². The Labute approximate surface area is 81.5 Å². The Morgan fingerprint density at radius 3 is 2.85 bits per heavy atom. The van der Waals surface area contributed by atoms with Gasteiger partial charge in [0, 0.05) is 10.3 Å². The van der Waals surface area contributed by atoms with Crippen molar-refractivity contribution < 1.29 is 9.53 Å². The van der Waals surface area contributed by atoms with Gasteiger partial charge in [-0.05, 0) is 31.2 Å². The third kappa shape index (κ3) is 1.48. The van der Waals surface area contributed by atoms with E-state index in [1.165, 1.54) is 30.4 Å². The predicted octanol–water partition coefficient (Wildman–Crippen LogP) is 2.72. The Kier molecular flexibility index (Phi) is 2.12. The topological polar surface area (TPSA) is 26.3 Å². The maximum absolute atomic E-state index is 11.4. The van der Waals surface area contributed by atoms with Crippen LogP contribution in [0.25, 0.3) is 0 Å². The van der Waals surface area contributed by atoms with E-state index in [2.05, 4.69) is 6.92 Å². The average molecular weight is 196 g/mol. The summed E-state index contributed by atoms with van der Waals surface area (Å²) in [5.41, 5.74) is 2.02. The normalized spacial score (nSPS) is 15.8. The summed E-state index contributed by atoms with van der Waals surface area (Å²) in [4.78, 5) is 12.6. The average Bonchev–Trinajstić information content (AvgIpc) is 2.89. The van der Waals surface area contributed by atoms with E-state index < -0.39 is 0 Å². The maximum atomic E-state index is 11.4. The fourth-order valence-electron chi connectivity index (χ4n) is 1.61. The standard InChI is InChI=1S/C10H12O2S/c1-6-9(7-3-4-7)8(5-13-6)10(11)12-2/h5,7H,3-4H2,1-2H3. The maximum Gasteiger partial charge on any atom is 0.338 e. The van der Waals surface area contributed by atoms with Crippen LogP contribution in [0.1, 0.15) is 39.6 Å². The number of thiophene rings is 1. The summed E-state index contributed by atoms with van der Waals surface area (Å²) in [7, 11) is 1.44. The quantitative estimate of drug-likeness (QED) is 0.680. The molecule has 0 amide bonds. The van der Waals surface area contributed by atoms with Crippen LogP contribution in [0.4, 0.5) is 0 Å². The van der Waals surface area contributed by atoms with E-state index in [-0.39, 0.29) is 5.97 Å². The lowest BCUT2D eigenvalue weighted by Gasteiger charge is -2.01. The van der Waals surface area contributed by atoms with Crippen molar-refractivity contribution in [3.05, 3.63) is 21.4 Å². The highest BCUT2D eigenvalue weighted by Gasteiger charge is 2.30. The minimum Gasteiger partial charge on any atom is -0.465 e. The van der Waals surface area contributed by atoms with Crippen molar-refractivity contribution in [3.8, 4) is 0 Å². The fourth-order valence-corrected chi connectivity index (χ4v) is 2.53. The zero-order valence-corrected chi connectivity index (χ0v) is 8.61. The summed E-state index contributed by atoms with van der Waals surface area (Å²) in [6.45, 7) is 2.07. The first-order chi connectivity index (χ1) is 6.24. The van der Waals surface area contributed by atoms with Crippen molar-refractivity contribution >= 4 is 17.3 Å². The molecule has 0 unspecified atom stereocenters. The highest BCUT2D eigenvalue weighted by Crippen LogP contribution is 2.45. The Morgan fingerprint density at radius 2 is 2.31 bits per heavy atom.